The molecule has 0 saturated heterocycles. The summed E-state index contributed by atoms with van der Waals surface area (Å²) in [4.78, 5) is 10.1. The third-order valence-electron chi connectivity index (χ3n) is 1.29. The average Bonchev–Trinajstić information content (AvgIpc) is 2.08. The molecule has 0 amide bonds. The van der Waals surface area contributed by atoms with Crippen LogP contribution in [0.4, 0.5) is 0 Å². The molecular formula is C6H15ClN4O2. The Labute approximate surface area is 83.1 Å². The van der Waals surface area contributed by atoms with Crippen molar-refractivity contribution in [3.8, 4) is 0 Å². The van der Waals surface area contributed by atoms with Crippen molar-refractivity contribution in [2.24, 2.45) is 11.5 Å². The lowest BCUT2D eigenvalue weighted by molar-refractivity contribution is -0.138. The molecule has 6 nitrogen and oxygen atoms in total. The first-order valence-corrected chi connectivity index (χ1v) is 3.57. The second-order valence-corrected chi connectivity index (χ2v) is 2.23. The third-order valence-corrected chi connectivity index (χ3v) is 1.29. The van der Waals surface area contributed by atoms with Crippen LogP contribution in [0.2, 0.25) is 0 Å². The Kier molecular flexibility index (Phi) is 18.9. The number of aliphatic carboxylic acids is 1. The van der Waals surface area contributed by atoms with Gasteiger partial charge in [-0.3, -0.25) is 4.79 Å². The molecule has 0 saturated carbocycles. The average molecular weight is 211 g/mol. The van der Waals surface area contributed by atoms with E-state index in [1.165, 1.54) is 0 Å². The van der Waals surface area contributed by atoms with Crippen molar-refractivity contribution in [2.45, 2.75) is 25.3 Å². The molecule has 0 bridgehead atoms. The molecule has 0 aliphatic rings. The minimum atomic E-state index is -0.933. The summed E-state index contributed by atoms with van der Waals surface area (Å²) < 4.78 is 0. The lowest BCUT2D eigenvalue weighted by Crippen LogP contribution is -2.29. The van der Waals surface area contributed by atoms with Crippen LogP contribution in [0.15, 0.2) is 0 Å². The van der Waals surface area contributed by atoms with Gasteiger partial charge >= 0.3 is 5.97 Å². The number of nitrogens with zero attached hydrogens (tertiary/aromatic N) is 2. The van der Waals surface area contributed by atoms with Crippen molar-refractivity contribution in [3.63, 3.8) is 0 Å². The lowest BCUT2D eigenvalue weighted by atomic mass is 10.1. The Balaban J connectivity index is -0.000000309. The monoisotopic (exact) mass is 210 g/mol. The molecule has 78 valence electrons. The predicted octanol–water partition coefficient (Wildman–Crippen LogP) is -0.0207. The van der Waals surface area contributed by atoms with E-state index in [-0.39, 0.29) is 12.4 Å². The minimum Gasteiger partial charge on any atom is -0.480 e. The zero-order valence-corrected chi connectivity index (χ0v) is 8.04. The molecule has 0 heterocycles. The molecule has 0 aromatic heterocycles. The second kappa shape index (κ2) is 13.7. The van der Waals surface area contributed by atoms with E-state index in [9.17, 15) is 4.79 Å². The van der Waals surface area contributed by atoms with Crippen molar-refractivity contribution in [3.05, 3.63) is 0 Å². The van der Waals surface area contributed by atoms with Crippen LogP contribution in [0.25, 0.3) is 0 Å². The normalized spacial score (nSPS) is 10.2. The summed E-state index contributed by atoms with van der Waals surface area (Å²) in [5, 5.41) is 20.3. The molecule has 0 radical (unpaired) electrons. The molecule has 0 rings (SSSR count). The fourth-order valence-corrected chi connectivity index (χ4v) is 0.632. The molecule has 0 aliphatic carbocycles. The summed E-state index contributed by atoms with van der Waals surface area (Å²) in [6.07, 6.45) is 2.16. The van der Waals surface area contributed by atoms with E-state index in [4.69, 9.17) is 27.4 Å². The van der Waals surface area contributed by atoms with Gasteiger partial charge in [-0.1, -0.05) is 6.42 Å². The molecule has 0 aromatic rings. The zero-order chi connectivity index (χ0) is 9.98. The number of halogens is 1. The largest absolute Gasteiger partial charge is 0.480 e. The second-order valence-electron chi connectivity index (χ2n) is 2.23. The number of nitrogens with two attached hydrogens (primary N) is 2. The number of carboxylic acid groups (broad SMARTS) is 1. The number of carbonyl (C=O) groups is 1. The van der Waals surface area contributed by atoms with Crippen LogP contribution in [-0.4, -0.2) is 23.7 Å². The van der Waals surface area contributed by atoms with E-state index >= 15 is 0 Å². The molecular weight excluding hydrogens is 196 g/mol. The summed E-state index contributed by atoms with van der Waals surface area (Å²) in [6, 6.07) is -0.716. The highest BCUT2D eigenvalue weighted by molar-refractivity contribution is 5.85. The number of hydrogen-bond donors (Lipinski definition) is 3. The van der Waals surface area contributed by atoms with Crippen LogP contribution in [0.5, 0.6) is 0 Å². The SMILES string of the molecule is Cl.N#N.NCCCC[C@H](N)C(=O)O. The third kappa shape index (κ3) is 14.0. The Morgan fingerprint density at radius 2 is 1.85 bits per heavy atom. The first-order valence-electron chi connectivity index (χ1n) is 3.57. The van der Waals surface area contributed by atoms with Crippen molar-refractivity contribution in [1.29, 1.82) is 10.8 Å². The summed E-state index contributed by atoms with van der Waals surface area (Å²) in [5.41, 5.74) is 10.4. The summed E-state index contributed by atoms with van der Waals surface area (Å²) in [5.74, 6) is -0.933. The smallest absolute Gasteiger partial charge is 0.320 e. The molecule has 0 aliphatic heterocycles. The summed E-state index contributed by atoms with van der Waals surface area (Å²) in [7, 11) is 0. The number of unbranched alkanes of at least 4 members (excludes halogenated alkanes) is 1. The van der Waals surface area contributed by atoms with Gasteiger partial charge in [0, 0.05) is 10.8 Å². The van der Waals surface area contributed by atoms with E-state index in [0.29, 0.717) is 13.0 Å². The van der Waals surface area contributed by atoms with Gasteiger partial charge in [0.1, 0.15) is 6.04 Å². The lowest BCUT2D eigenvalue weighted by Gasteiger charge is -2.03. The first kappa shape index (κ1) is 18.0. The van der Waals surface area contributed by atoms with Crippen molar-refractivity contribution in [1.82, 2.24) is 0 Å². The van der Waals surface area contributed by atoms with Crippen molar-refractivity contribution >= 4 is 18.4 Å². The molecule has 7 heteroatoms. The van der Waals surface area contributed by atoms with Gasteiger partial charge in [0.05, 0.1) is 0 Å². The highest BCUT2D eigenvalue weighted by Gasteiger charge is 2.09. The van der Waals surface area contributed by atoms with Gasteiger partial charge in [0.15, 0.2) is 0 Å². The molecule has 0 unspecified atom stereocenters. The topological polar surface area (TPSA) is 137 Å². The summed E-state index contributed by atoms with van der Waals surface area (Å²) in [6.45, 7) is 0.604. The fraction of sp³-hybridized carbons (Fsp3) is 0.833. The van der Waals surface area contributed by atoms with Crippen molar-refractivity contribution in [2.75, 3.05) is 6.54 Å². The van der Waals surface area contributed by atoms with E-state index in [1.807, 2.05) is 0 Å². The van der Waals surface area contributed by atoms with Crippen LogP contribution in [0.3, 0.4) is 0 Å². The van der Waals surface area contributed by atoms with Gasteiger partial charge in [-0.15, -0.1) is 12.4 Å². The first-order chi connectivity index (χ1) is 5.68. The maximum atomic E-state index is 10.1. The van der Waals surface area contributed by atoms with Gasteiger partial charge in [-0.2, -0.15) is 0 Å². The molecule has 1 atom stereocenters. The Hall–Kier alpha value is -0.900. The van der Waals surface area contributed by atoms with Crippen LogP contribution in [-0.2, 0) is 4.79 Å². The Bertz CT molecular complexity index is 142. The molecule has 0 spiro atoms. The maximum Gasteiger partial charge on any atom is 0.320 e. The van der Waals surface area contributed by atoms with Gasteiger partial charge < -0.3 is 16.6 Å². The van der Waals surface area contributed by atoms with Crippen LogP contribution < -0.4 is 11.5 Å². The van der Waals surface area contributed by atoms with Gasteiger partial charge in [0.2, 0.25) is 0 Å². The highest BCUT2D eigenvalue weighted by Crippen LogP contribution is 1.96. The van der Waals surface area contributed by atoms with E-state index in [2.05, 4.69) is 0 Å². The molecule has 13 heavy (non-hydrogen) atoms. The van der Waals surface area contributed by atoms with E-state index in [0.717, 1.165) is 12.8 Å². The quantitative estimate of drug-likeness (QED) is 0.431. The maximum absolute atomic E-state index is 10.1. The van der Waals surface area contributed by atoms with Crippen molar-refractivity contribution < 1.29 is 9.90 Å². The Morgan fingerprint density at radius 1 is 1.38 bits per heavy atom. The number of carboxylic acids is 1. The standard InChI is InChI=1S/C6H14N2O2.ClH.N2/c7-4-2-1-3-5(8)6(9)10;;1-2/h5H,1-4,7-8H2,(H,9,10);1H;/t5-;;/m0../s1. The van der Waals surface area contributed by atoms with E-state index < -0.39 is 12.0 Å². The minimum absolute atomic E-state index is 0. The van der Waals surface area contributed by atoms with E-state index in [1.54, 1.807) is 0 Å². The Morgan fingerprint density at radius 3 is 2.15 bits per heavy atom. The van der Waals surface area contributed by atoms with Crippen LogP contribution in [0.1, 0.15) is 19.3 Å². The predicted molar refractivity (Wildman–Crippen MR) is 49.2 cm³/mol. The molecule has 0 aromatic carbocycles. The number of rotatable bonds is 5. The molecule has 5 N–H and O–H groups in total. The van der Waals surface area contributed by atoms with Gasteiger partial charge in [-0.25, -0.2) is 0 Å². The van der Waals surface area contributed by atoms with Gasteiger partial charge in [-0.05, 0) is 19.4 Å². The van der Waals surface area contributed by atoms with Crippen LogP contribution in [0, 0.1) is 10.8 Å². The summed E-state index contributed by atoms with van der Waals surface area (Å²) >= 11 is 0. The highest BCUT2D eigenvalue weighted by atomic mass is 35.5. The number of hydrogen-bond acceptors (Lipinski definition) is 5. The molecule has 0 fully saturated rings. The fourth-order valence-electron chi connectivity index (χ4n) is 0.632. The zero-order valence-electron chi connectivity index (χ0n) is 7.22. The van der Waals surface area contributed by atoms with Gasteiger partial charge in [0.25, 0.3) is 0 Å². The van der Waals surface area contributed by atoms with Crippen LogP contribution >= 0.6 is 12.4 Å².